The van der Waals surface area contributed by atoms with Crippen molar-refractivity contribution in [3.05, 3.63) is 227 Å². The van der Waals surface area contributed by atoms with Gasteiger partial charge in [0.1, 0.15) is 42.8 Å². The monoisotopic (exact) mass is 1050 g/mol. The third-order valence-electron chi connectivity index (χ3n) is 12.6. The number of esters is 2. The van der Waals surface area contributed by atoms with Gasteiger partial charge in [0.05, 0.1) is 17.4 Å². The molecule has 0 saturated carbocycles. The van der Waals surface area contributed by atoms with Gasteiger partial charge in [-0.05, 0) is 171 Å². The number of likely N-dealkylation sites (N-methyl/N-ethyl adjacent to an activating group) is 2. The molecule has 0 bridgehead atoms. The standard InChI is InChI=1S/C38H41NO5.C30H35NO3/c1-6-34(29-15-11-8-12-16-29)35(31-19-23-33(24-20-31)44-36(40)38(2,3)4)30-17-21-32(22-18-30)42-26-25-39(5)37(41)43-27-28-13-9-7-10-14-28;1-6-27(22-10-8-7-9-11-22)28(23-12-16-25(17-13-23)33-21-20-31-5)24-14-18-26(19-15-24)34-29(32)30(2,3)4/h7-24H,6,25-27H2,1-5H3;7-19,31H,6,20-21H2,1-5H3/b35-34+;28-27+. The number of carbonyl (C=O) groups is 3. The first-order valence-corrected chi connectivity index (χ1v) is 26.7. The largest absolute Gasteiger partial charge is 0.492 e. The van der Waals surface area contributed by atoms with E-state index in [0.29, 0.717) is 37.0 Å². The lowest BCUT2D eigenvalue weighted by Crippen LogP contribution is -2.31. The maximum Gasteiger partial charge on any atom is 0.409 e. The van der Waals surface area contributed by atoms with Crippen LogP contribution in [0.3, 0.4) is 0 Å². The van der Waals surface area contributed by atoms with E-state index in [1.54, 1.807) is 7.05 Å². The predicted octanol–water partition coefficient (Wildman–Crippen LogP) is 15.3. The molecule has 0 atom stereocenters. The molecule has 7 aromatic rings. The van der Waals surface area contributed by atoms with Crippen molar-refractivity contribution in [3.8, 4) is 23.0 Å². The van der Waals surface area contributed by atoms with Crippen LogP contribution < -0.4 is 24.3 Å². The van der Waals surface area contributed by atoms with E-state index in [-0.39, 0.29) is 18.5 Å². The topological polar surface area (TPSA) is 113 Å². The van der Waals surface area contributed by atoms with Crippen LogP contribution in [0, 0.1) is 10.8 Å². The Morgan fingerprint density at radius 2 is 0.795 bits per heavy atom. The highest BCUT2D eigenvalue weighted by Crippen LogP contribution is 2.38. The van der Waals surface area contributed by atoms with Crippen molar-refractivity contribution < 1.29 is 38.1 Å². The Labute approximate surface area is 462 Å². The Hall–Kier alpha value is -8.21. The number of hydrogen-bond acceptors (Lipinski definition) is 9. The van der Waals surface area contributed by atoms with Crippen LogP contribution >= 0.6 is 0 Å². The Kier molecular flexibility index (Phi) is 21.8. The minimum absolute atomic E-state index is 0.232. The van der Waals surface area contributed by atoms with E-state index < -0.39 is 16.9 Å². The summed E-state index contributed by atoms with van der Waals surface area (Å²) in [5, 5.41) is 3.09. The van der Waals surface area contributed by atoms with Gasteiger partial charge in [0.25, 0.3) is 0 Å². The molecular formula is C68H76N2O8. The van der Waals surface area contributed by atoms with Crippen LogP contribution in [0.2, 0.25) is 0 Å². The average molecular weight is 1050 g/mol. The van der Waals surface area contributed by atoms with Gasteiger partial charge in [-0.1, -0.05) is 153 Å². The second-order valence-electron chi connectivity index (χ2n) is 20.8. The van der Waals surface area contributed by atoms with Gasteiger partial charge in [0, 0.05) is 13.6 Å². The van der Waals surface area contributed by atoms with Gasteiger partial charge in [-0.15, -0.1) is 0 Å². The summed E-state index contributed by atoms with van der Waals surface area (Å²) in [4.78, 5) is 38.6. The van der Waals surface area contributed by atoms with Gasteiger partial charge in [0.15, 0.2) is 0 Å². The lowest BCUT2D eigenvalue weighted by Gasteiger charge is -2.19. The second-order valence-corrected chi connectivity index (χ2v) is 20.8. The van der Waals surface area contributed by atoms with Crippen molar-refractivity contribution in [2.24, 2.45) is 10.8 Å². The molecular weight excluding hydrogens is 973 g/mol. The number of benzene rings is 7. The van der Waals surface area contributed by atoms with E-state index in [9.17, 15) is 14.4 Å². The van der Waals surface area contributed by atoms with Crippen LogP contribution in [0.25, 0.3) is 22.3 Å². The quantitative estimate of drug-likeness (QED) is 0.0345. The van der Waals surface area contributed by atoms with Crippen LogP contribution in [-0.2, 0) is 20.9 Å². The maximum absolute atomic E-state index is 12.4. The van der Waals surface area contributed by atoms with Crippen LogP contribution in [0.5, 0.6) is 23.0 Å². The first-order valence-electron chi connectivity index (χ1n) is 26.7. The Balaban J connectivity index is 0.000000261. The minimum atomic E-state index is -0.586. The van der Waals surface area contributed by atoms with Gasteiger partial charge in [-0.3, -0.25) is 9.59 Å². The van der Waals surface area contributed by atoms with Crippen LogP contribution in [0.15, 0.2) is 188 Å². The zero-order valence-electron chi connectivity index (χ0n) is 47.1. The first kappa shape index (κ1) is 59.0. The molecule has 0 aromatic heterocycles. The van der Waals surface area contributed by atoms with Crippen LogP contribution in [0.4, 0.5) is 4.79 Å². The molecule has 0 radical (unpaired) electrons. The fourth-order valence-electron chi connectivity index (χ4n) is 8.19. The number of carbonyl (C=O) groups excluding carboxylic acids is 3. The zero-order chi connectivity index (χ0) is 56.1. The number of rotatable bonds is 20. The number of allylic oxidation sites excluding steroid dienone is 2. The van der Waals surface area contributed by atoms with Gasteiger partial charge in [-0.25, -0.2) is 4.79 Å². The van der Waals surface area contributed by atoms with Crippen LogP contribution in [-0.4, -0.2) is 63.3 Å². The summed E-state index contributed by atoms with van der Waals surface area (Å²) < 4.78 is 28.3. The van der Waals surface area contributed by atoms with Gasteiger partial charge >= 0.3 is 18.0 Å². The molecule has 0 aliphatic heterocycles. The van der Waals surface area contributed by atoms with Crippen molar-refractivity contribution in [1.82, 2.24) is 10.2 Å². The summed E-state index contributed by atoms with van der Waals surface area (Å²) in [6.45, 7) is 17.8. The van der Waals surface area contributed by atoms with Gasteiger partial charge in [-0.2, -0.15) is 0 Å². The Morgan fingerprint density at radius 1 is 0.449 bits per heavy atom. The third kappa shape index (κ3) is 17.4. The zero-order valence-corrected chi connectivity index (χ0v) is 47.1. The van der Waals surface area contributed by atoms with Crippen molar-refractivity contribution in [3.63, 3.8) is 0 Å². The molecule has 1 amide bonds. The predicted molar refractivity (Wildman–Crippen MR) is 315 cm³/mol. The summed E-state index contributed by atoms with van der Waals surface area (Å²) in [6.07, 6.45) is 1.31. The molecule has 0 fully saturated rings. The number of amides is 1. The van der Waals surface area contributed by atoms with E-state index in [4.69, 9.17) is 23.7 Å². The molecule has 0 aliphatic carbocycles. The molecule has 7 rings (SSSR count). The van der Waals surface area contributed by atoms with E-state index in [1.165, 1.54) is 21.6 Å². The lowest BCUT2D eigenvalue weighted by atomic mass is 9.88. The molecule has 0 heterocycles. The van der Waals surface area contributed by atoms with E-state index in [1.807, 2.05) is 176 Å². The average Bonchev–Trinajstić information content (AvgIpc) is 3.46. The molecule has 10 nitrogen and oxygen atoms in total. The van der Waals surface area contributed by atoms with Crippen LogP contribution in [0.1, 0.15) is 107 Å². The van der Waals surface area contributed by atoms with Crippen molar-refractivity contribution in [2.45, 2.75) is 74.8 Å². The molecule has 406 valence electrons. The van der Waals surface area contributed by atoms with Gasteiger partial charge < -0.3 is 33.9 Å². The van der Waals surface area contributed by atoms with E-state index >= 15 is 0 Å². The molecule has 0 unspecified atom stereocenters. The van der Waals surface area contributed by atoms with E-state index in [2.05, 4.69) is 79.8 Å². The highest BCUT2D eigenvalue weighted by Gasteiger charge is 2.25. The third-order valence-corrected chi connectivity index (χ3v) is 12.6. The SMILES string of the molecule is CC/C(=C(/c1ccc(OCCN(C)C(=O)OCc2ccccc2)cc1)c1ccc(OC(=O)C(C)(C)C)cc1)c1ccccc1.CC/C(=C(/c1ccc(OCCNC)cc1)c1ccc(OC(=O)C(C)(C)C)cc1)c1ccccc1. The first-order chi connectivity index (χ1) is 37.5. The second kappa shape index (κ2) is 28.8. The molecule has 0 aliphatic rings. The Morgan fingerprint density at radius 3 is 1.14 bits per heavy atom. The van der Waals surface area contributed by atoms with Crippen molar-refractivity contribution >= 4 is 40.3 Å². The van der Waals surface area contributed by atoms with Gasteiger partial charge in [0.2, 0.25) is 0 Å². The summed E-state index contributed by atoms with van der Waals surface area (Å²) in [6, 6.07) is 62.1. The molecule has 0 spiro atoms. The Bertz CT molecular complexity index is 3050. The fraction of sp³-hybridized carbons (Fsp3) is 0.279. The number of nitrogens with zero attached hydrogens (tertiary/aromatic N) is 1. The van der Waals surface area contributed by atoms with E-state index in [0.717, 1.165) is 69.7 Å². The van der Waals surface area contributed by atoms with Crippen molar-refractivity contribution in [1.29, 1.82) is 0 Å². The molecule has 78 heavy (non-hydrogen) atoms. The fourth-order valence-corrected chi connectivity index (χ4v) is 8.19. The molecule has 0 saturated heterocycles. The normalized spacial score (nSPS) is 11.9. The smallest absolute Gasteiger partial charge is 0.409 e. The van der Waals surface area contributed by atoms with Crippen molar-refractivity contribution in [2.75, 3.05) is 40.4 Å². The highest BCUT2D eigenvalue weighted by molar-refractivity contribution is 6.00. The summed E-state index contributed by atoms with van der Waals surface area (Å²) in [7, 11) is 3.61. The lowest BCUT2D eigenvalue weighted by molar-refractivity contribution is -0.143. The maximum atomic E-state index is 12.4. The number of ether oxygens (including phenoxy) is 5. The minimum Gasteiger partial charge on any atom is -0.492 e. The molecule has 1 N–H and O–H groups in total. The summed E-state index contributed by atoms with van der Waals surface area (Å²) in [5.41, 5.74) is 11.1. The summed E-state index contributed by atoms with van der Waals surface area (Å²) >= 11 is 0. The summed E-state index contributed by atoms with van der Waals surface area (Å²) in [5.74, 6) is 2.10. The molecule has 10 heteroatoms. The number of hydrogen-bond donors (Lipinski definition) is 1. The number of nitrogens with one attached hydrogen (secondary N) is 1. The highest BCUT2D eigenvalue weighted by atomic mass is 16.6. The molecule has 7 aromatic carbocycles.